The molecule has 10 heteroatoms. The Bertz CT molecular complexity index is 943. The molecule has 2 fully saturated rings. The number of aliphatic hydroxyl groups excluding tert-OH is 1. The van der Waals surface area contributed by atoms with Gasteiger partial charge in [-0.2, -0.15) is 0 Å². The molecule has 2 N–H and O–H groups in total. The van der Waals surface area contributed by atoms with Gasteiger partial charge in [0.15, 0.2) is 11.7 Å². The highest BCUT2D eigenvalue weighted by Crippen LogP contribution is 2.56. The van der Waals surface area contributed by atoms with Crippen molar-refractivity contribution < 1.29 is 48.3 Å². The highest BCUT2D eigenvalue weighted by Gasteiger charge is 2.68. The van der Waals surface area contributed by atoms with Gasteiger partial charge in [-0.25, -0.2) is 0 Å². The summed E-state index contributed by atoms with van der Waals surface area (Å²) in [6, 6.07) is 0. The van der Waals surface area contributed by atoms with Gasteiger partial charge in [0.2, 0.25) is 0 Å². The molecule has 202 valence electrons. The van der Waals surface area contributed by atoms with Gasteiger partial charge in [0.1, 0.15) is 18.3 Å². The minimum absolute atomic E-state index is 0.0555. The molecular weight excluding hydrogens is 472 g/mol. The summed E-state index contributed by atoms with van der Waals surface area (Å²) in [7, 11) is 0. The molecule has 3 rings (SSSR count). The van der Waals surface area contributed by atoms with E-state index in [1.165, 1.54) is 27.7 Å². The topological polar surface area (TPSA) is 146 Å². The Morgan fingerprint density at radius 3 is 2.14 bits per heavy atom. The van der Waals surface area contributed by atoms with Crippen LogP contribution in [0.1, 0.15) is 67.7 Å². The molecule has 3 aliphatic rings. The van der Waals surface area contributed by atoms with Crippen LogP contribution in [0.4, 0.5) is 0 Å². The van der Waals surface area contributed by atoms with E-state index in [0.717, 1.165) is 5.57 Å². The molecule has 0 aromatic rings. The average molecular weight is 511 g/mol. The molecule has 0 radical (unpaired) electrons. The van der Waals surface area contributed by atoms with Crippen LogP contribution < -0.4 is 0 Å². The maximum Gasteiger partial charge on any atom is 0.312 e. The van der Waals surface area contributed by atoms with Gasteiger partial charge in [0, 0.05) is 38.5 Å². The first-order chi connectivity index (χ1) is 16.6. The second-order valence-corrected chi connectivity index (χ2v) is 10.8. The maximum atomic E-state index is 12.7. The Hall–Kier alpha value is -2.46. The minimum Gasteiger partial charge on any atom is -0.462 e. The van der Waals surface area contributed by atoms with Gasteiger partial charge in [0.05, 0.1) is 12.0 Å². The Labute approximate surface area is 211 Å². The lowest BCUT2D eigenvalue weighted by Gasteiger charge is -2.58. The maximum absolute atomic E-state index is 12.7. The van der Waals surface area contributed by atoms with Gasteiger partial charge in [0.25, 0.3) is 0 Å². The summed E-state index contributed by atoms with van der Waals surface area (Å²) in [5.41, 5.74) is -2.44. The fraction of sp³-hybridized carbons (Fsp3) is 0.769. The molecule has 1 saturated heterocycles. The largest absolute Gasteiger partial charge is 0.462 e. The summed E-state index contributed by atoms with van der Waals surface area (Å²) in [6.45, 7) is 10.5. The fourth-order valence-corrected chi connectivity index (χ4v) is 6.47. The van der Waals surface area contributed by atoms with Crippen LogP contribution in [-0.2, 0) is 38.1 Å². The predicted molar refractivity (Wildman–Crippen MR) is 125 cm³/mol. The molecule has 10 atom stereocenters. The molecule has 0 bridgehead atoms. The zero-order valence-corrected chi connectivity index (χ0v) is 22.0. The van der Waals surface area contributed by atoms with Crippen molar-refractivity contribution in [2.45, 2.75) is 104 Å². The first-order valence-electron chi connectivity index (χ1n) is 12.4. The molecule has 10 nitrogen and oxygen atoms in total. The van der Waals surface area contributed by atoms with Crippen LogP contribution in [0.5, 0.6) is 0 Å². The monoisotopic (exact) mass is 510 g/mol. The van der Waals surface area contributed by atoms with Crippen molar-refractivity contribution >= 4 is 23.9 Å². The smallest absolute Gasteiger partial charge is 0.312 e. The van der Waals surface area contributed by atoms with Gasteiger partial charge < -0.3 is 29.2 Å². The van der Waals surface area contributed by atoms with Gasteiger partial charge in [-0.05, 0) is 38.7 Å². The van der Waals surface area contributed by atoms with Crippen LogP contribution in [0.3, 0.4) is 0 Å². The van der Waals surface area contributed by atoms with E-state index in [9.17, 15) is 29.4 Å². The van der Waals surface area contributed by atoms with Crippen LogP contribution >= 0.6 is 0 Å². The summed E-state index contributed by atoms with van der Waals surface area (Å²) in [5.74, 6) is -5.08. The summed E-state index contributed by atoms with van der Waals surface area (Å²) < 4.78 is 22.9. The lowest BCUT2D eigenvalue weighted by molar-refractivity contribution is -0.250. The summed E-state index contributed by atoms with van der Waals surface area (Å²) in [4.78, 5) is 49.6. The van der Waals surface area contributed by atoms with E-state index >= 15 is 0 Å². The van der Waals surface area contributed by atoms with Crippen LogP contribution in [0.2, 0.25) is 0 Å². The van der Waals surface area contributed by atoms with Gasteiger partial charge in [-0.15, -0.1) is 0 Å². The normalized spacial score (nSPS) is 44.1. The minimum atomic E-state index is -2.00. The fourth-order valence-electron chi connectivity index (χ4n) is 6.47. The highest BCUT2D eigenvalue weighted by molar-refractivity contribution is 5.77. The van der Waals surface area contributed by atoms with Crippen LogP contribution in [0.25, 0.3) is 0 Å². The number of fused-ring (bicyclic) bond motifs is 2. The number of esters is 4. The Balaban J connectivity index is 2.36. The van der Waals surface area contributed by atoms with E-state index in [2.05, 4.69) is 0 Å². The van der Waals surface area contributed by atoms with E-state index in [1.54, 1.807) is 26.8 Å². The average Bonchev–Trinajstić information content (AvgIpc) is 2.97. The lowest BCUT2D eigenvalue weighted by atomic mass is 9.52. The first kappa shape index (κ1) is 28.1. The third-order valence-electron chi connectivity index (χ3n) is 8.41. The van der Waals surface area contributed by atoms with Crippen molar-refractivity contribution in [2.24, 2.45) is 23.2 Å². The predicted octanol–water partition coefficient (Wildman–Crippen LogP) is 1.84. The molecule has 1 aliphatic heterocycles. The summed E-state index contributed by atoms with van der Waals surface area (Å²) in [5, 5.41) is 23.3. The number of hydrogen-bond acceptors (Lipinski definition) is 10. The zero-order chi connectivity index (χ0) is 27.2. The Morgan fingerprint density at radius 2 is 1.58 bits per heavy atom. The number of carbonyl (C=O) groups is 4. The highest BCUT2D eigenvalue weighted by atomic mass is 16.6. The van der Waals surface area contributed by atoms with Crippen molar-refractivity contribution in [3.63, 3.8) is 0 Å². The molecule has 2 aliphatic carbocycles. The molecular formula is C26H38O10. The summed E-state index contributed by atoms with van der Waals surface area (Å²) >= 11 is 0. The molecule has 1 heterocycles. The van der Waals surface area contributed by atoms with Crippen molar-refractivity contribution in [3.8, 4) is 0 Å². The van der Waals surface area contributed by atoms with Crippen molar-refractivity contribution in [2.75, 3.05) is 0 Å². The van der Waals surface area contributed by atoms with Gasteiger partial charge >= 0.3 is 23.9 Å². The Morgan fingerprint density at radius 1 is 1.03 bits per heavy atom. The van der Waals surface area contributed by atoms with E-state index in [4.69, 9.17) is 18.9 Å². The molecule has 0 aromatic heterocycles. The van der Waals surface area contributed by atoms with Gasteiger partial charge in [-0.3, -0.25) is 19.2 Å². The summed E-state index contributed by atoms with van der Waals surface area (Å²) in [6.07, 6.45) is -2.79. The molecule has 0 aromatic carbocycles. The molecule has 0 unspecified atom stereocenters. The van der Waals surface area contributed by atoms with Crippen molar-refractivity contribution in [3.05, 3.63) is 11.6 Å². The van der Waals surface area contributed by atoms with Crippen LogP contribution in [0, 0.1) is 23.2 Å². The first-order valence-corrected chi connectivity index (χ1v) is 12.4. The number of allylic oxidation sites excluding steroid dienone is 1. The van der Waals surface area contributed by atoms with Crippen LogP contribution in [0.15, 0.2) is 11.6 Å². The number of aliphatic hydroxyl groups is 2. The van der Waals surface area contributed by atoms with Crippen molar-refractivity contribution in [1.29, 1.82) is 0 Å². The number of ether oxygens (including phenoxy) is 4. The zero-order valence-electron chi connectivity index (χ0n) is 22.0. The van der Waals surface area contributed by atoms with Gasteiger partial charge in [-0.1, -0.05) is 19.4 Å². The van der Waals surface area contributed by atoms with Crippen molar-refractivity contribution in [1.82, 2.24) is 0 Å². The molecule has 0 spiro atoms. The second-order valence-electron chi connectivity index (χ2n) is 10.8. The third kappa shape index (κ3) is 4.77. The number of hydrogen-bond donors (Lipinski definition) is 2. The SMILES string of the molecule is CC(=O)O[C@@H]1[C@@H]2[C@H](C)[C@@H](O)C[C@@H](OC(C)=O)[C@@]2(C)[C@H](OC(C)=O)CC/C(C)=C\[C@H]2OC(=O)[C@@H](C)[C@]12O. The second kappa shape index (κ2) is 10.1. The third-order valence-corrected chi connectivity index (χ3v) is 8.41. The van der Waals surface area contributed by atoms with E-state index in [0.29, 0.717) is 12.8 Å². The molecule has 0 amide bonds. The number of carbonyl (C=O) groups excluding carboxylic acids is 4. The van der Waals surface area contributed by atoms with E-state index < -0.39 is 83.2 Å². The van der Waals surface area contributed by atoms with E-state index in [-0.39, 0.29) is 6.42 Å². The molecule has 36 heavy (non-hydrogen) atoms. The van der Waals surface area contributed by atoms with E-state index in [1.807, 2.05) is 0 Å². The number of rotatable bonds is 3. The lowest BCUT2D eigenvalue weighted by Crippen LogP contribution is -2.68. The standard InChI is InChI=1S/C26H38O10/c1-12-8-9-19(33-15(4)27)25(7)20(34-16(5)28)11-18(30)13(2)22(25)23(35-17(6)29)26(32)14(3)24(31)36-21(26)10-12/h10,13-14,18-23,30,32H,8-9,11H2,1-7H3/b12-10-/t13-,14-,18+,19-,20-,21-,22+,23-,25-,26-/m1/s1. The quantitative estimate of drug-likeness (QED) is 0.328. The molecule has 1 saturated carbocycles. The van der Waals surface area contributed by atoms with Crippen LogP contribution in [-0.4, -0.2) is 70.2 Å². The Kier molecular flexibility index (Phi) is 7.91.